The van der Waals surface area contributed by atoms with Crippen LogP contribution < -0.4 is 4.90 Å². The van der Waals surface area contributed by atoms with Crippen molar-refractivity contribution in [2.24, 2.45) is 0 Å². The Hall–Kier alpha value is -3.01. The fourth-order valence-electron chi connectivity index (χ4n) is 2.53. The lowest BCUT2D eigenvalue weighted by atomic mass is 10.1. The minimum atomic E-state index is 0.178. The first-order chi connectivity index (χ1) is 11.3. The molecule has 1 aromatic heterocycles. The van der Waals surface area contributed by atoms with Gasteiger partial charge in [-0.05, 0) is 36.4 Å². The van der Waals surface area contributed by atoms with E-state index in [1.54, 1.807) is 30.5 Å². The van der Waals surface area contributed by atoms with Crippen molar-refractivity contribution in [3.8, 4) is 11.5 Å². The third kappa shape index (κ3) is 3.43. The van der Waals surface area contributed by atoms with Gasteiger partial charge in [0.15, 0.2) is 0 Å². The number of nitrogens with zero attached hydrogens (tertiary/aromatic N) is 2. The molecule has 0 saturated heterocycles. The summed E-state index contributed by atoms with van der Waals surface area (Å²) in [7, 11) is 0. The molecule has 3 rings (SSSR count). The maximum absolute atomic E-state index is 10.2. The molecule has 1 heterocycles. The molecule has 4 nitrogen and oxygen atoms in total. The first kappa shape index (κ1) is 14.9. The predicted octanol–water partition coefficient (Wildman–Crippen LogP) is 3.87. The van der Waals surface area contributed by atoms with E-state index in [9.17, 15) is 10.2 Å². The first-order valence-corrected chi connectivity index (χ1v) is 7.49. The largest absolute Gasteiger partial charge is 0.506 e. The highest BCUT2D eigenvalue weighted by atomic mass is 16.3. The molecule has 116 valence electrons. The number of aromatic nitrogens is 1. The Balaban J connectivity index is 1.94. The molecule has 0 spiro atoms. The lowest BCUT2D eigenvalue weighted by Gasteiger charge is -2.26. The van der Waals surface area contributed by atoms with E-state index in [1.807, 2.05) is 47.4 Å². The van der Waals surface area contributed by atoms with Crippen LogP contribution in [0.1, 0.15) is 5.69 Å². The summed E-state index contributed by atoms with van der Waals surface area (Å²) in [5, 5.41) is 20.4. The van der Waals surface area contributed by atoms with Gasteiger partial charge in [-0.1, -0.05) is 30.3 Å². The average molecular weight is 306 g/mol. The van der Waals surface area contributed by atoms with Crippen LogP contribution in [0.3, 0.4) is 0 Å². The Morgan fingerprint density at radius 3 is 1.83 bits per heavy atom. The SMILES string of the molecule is Oc1ccccc1N(CCc1ccccn1)c1ccccc1O. The van der Waals surface area contributed by atoms with Crippen LogP contribution in [0.2, 0.25) is 0 Å². The molecule has 0 aliphatic rings. The van der Waals surface area contributed by atoms with Gasteiger partial charge in [0.05, 0.1) is 11.4 Å². The number of aromatic hydroxyl groups is 2. The topological polar surface area (TPSA) is 56.6 Å². The second kappa shape index (κ2) is 6.83. The monoisotopic (exact) mass is 306 g/mol. The molecule has 0 aliphatic heterocycles. The number of phenols is 2. The van der Waals surface area contributed by atoms with Crippen LogP contribution in [0.25, 0.3) is 0 Å². The lowest BCUT2D eigenvalue weighted by Crippen LogP contribution is -2.20. The van der Waals surface area contributed by atoms with Crippen molar-refractivity contribution in [3.63, 3.8) is 0 Å². The van der Waals surface area contributed by atoms with Crippen LogP contribution in [0.4, 0.5) is 11.4 Å². The third-order valence-electron chi connectivity index (χ3n) is 3.66. The van der Waals surface area contributed by atoms with Crippen LogP contribution in [0.5, 0.6) is 11.5 Å². The highest BCUT2D eigenvalue weighted by molar-refractivity contribution is 5.72. The van der Waals surface area contributed by atoms with E-state index in [-0.39, 0.29) is 11.5 Å². The Morgan fingerprint density at radius 2 is 1.30 bits per heavy atom. The van der Waals surface area contributed by atoms with E-state index in [0.717, 1.165) is 5.69 Å². The molecule has 0 amide bonds. The van der Waals surface area contributed by atoms with Crippen molar-refractivity contribution in [1.29, 1.82) is 0 Å². The fraction of sp³-hybridized carbons (Fsp3) is 0.105. The average Bonchev–Trinajstić information content (AvgIpc) is 2.59. The van der Waals surface area contributed by atoms with Crippen molar-refractivity contribution < 1.29 is 10.2 Å². The number of phenolic OH excluding ortho intramolecular Hbond substituents is 2. The number of benzene rings is 2. The molecule has 0 fully saturated rings. The number of para-hydroxylation sites is 4. The summed E-state index contributed by atoms with van der Waals surface area (Å²) in [6.07, 6.45) is 2.46. The maximum Gasteiger partial charge on any atom is 0.139 e. The Bertz CT molecular complexity index is 730. The molecule has 3 aromatic rings. The van der Waals surface area contributed by atoms with Crippen LogP contribution in [0.15, 0.2) is 72.9 Å². The summed E-state index contributed by atoms with van der Waals surface area (Å²) in [6, 6.07) is 20.0. The standard InChI is InChI=1S/C19H18N2O2/c22-18-10-3-1-8-16(18)21(17-9-2-4-11-19(17)23)14-12-15-7-5-6-13-20-15/h1-11,13,22-23H,12,14H2. The number of pyridine rings is 1. The van der Waals surface area contributed by atoms with Gasteiger partial charge in [0.25, 0.3) is 0 Å². The van der Waals surface area contributed by atoms with Gasteiger partial charge in [-0.2, -0.15) is 0 Å². The van der Waals surface area contributed by atoms with Crippen LogP contribution >= 0.6 is 0 Å². The van der Waals surface area contributed by atoms with Gasteiger partial charge in [-0.15, -0.1) is 0 Å². The van der Waals surface area contributed by atoms with Crippen LogP contribution in [-0.4, -0.2) is 21.7 Å². The van der Waals surface area contributed by atoms with Crippen molar-refractivity contribution in [2.75, 3.05) is 11.4 Å². The van der Waals surface area contributed by atoms with Crippen molar-refractivity contribution in [2.45, 2.75) is 6.42 Å². The molecule has 0 aliphatic carbocycles. The number of hydrogen-bond donors (Lipinski definition) is 2. The molecule has 0 saturated carbocycles. The summed E-state index contributed by atoms with van der Waals surface area (Å²) in [5.41, 5.74) is 2.28. The fourth-order valence-corrected chi connectivity index (χ4v) is 2.53. The quantitative estimate of drug-likeness (QED) is 0.751. The molecule has 0 atom stereocenters. The van der Waals surface area contributed by atoms with Gasteiger partial charge >= 0.3 is 0 Å². The van der Waals surface area contributed by atoms with E-state index in [1.165, 1.54) is 0 Å². The zero-order valence-corrected chi connectivity index (χ0v) is 12.6. The molecule has 0 bridgehead atoms. The van der Waals surface area contributed by atoms with Gasteiger partial charge < -0.3 is 15.1 Å². The van der Waals surface area contributed by atoms with Crippen LogP contribution in [0, 0.1) is 0 Å². The Morgan fingerprint density at radius 1 is 0.739 bits per heavy atom. The minimum Gasteiger partial charge on any atom is -0.506 e. The number of anilines is 2. The molecule has 4 heteroatoms. The zero-order chi connectivity index (χ0) is 16.1. The summed E-state index contributed by atoms with van der Waals surface area (Å²) in [4.78, 5) is 6.23. The molecule has 0 radical (unpaired) electrons. The van der Waals surface area contributed by atoms with E-state index in [0.29, 0.717) is 24.3 Å². The first-order valence-electron chi connectivity index (χ1n) is 7.49. The normalized spacial score (nSPS) is 10.4. The molecule has 0 unspecified atom stereocenters. The molecule has 2 N–H and O–H groups in total. The van der Waals surface area contributed by atoms with Crippen LogP contribution in [-0.2, 0) is 6.42 Å². The Kier molecular flexibility index (Phi) is 4.43. The van der Waals surface area contributed by atoms with Gasteiger partial charge in [0.1, 0.15) is 11.5 Å². The van der Waals surface area contributed by atoms with Crippen molar-refractivity contribution in [1.82, 2.24) is 4.98 Å². The van der Waals surface area contributed by atoms with E-state index >= 15 is 0 Å². The molecular weight excluding hydrogens is 288 g/mol. The van der Waals surface area contributed by atoms with Crippen molar-refractivity contribution in [3.05, 3.63) is 78.6 Å². The Labute approximate surface area is 135 Å². The highest BCUT2D eigenvalue weighted by Gasteiger charge is 2.16. The van der Waals surface area contributed by atoms with E-state index in [4.69, 9.17) is 0 Å². The summed E-state index contributed by atoms with van der Waals surface area (Å²) < 4.78 is 0. The number of rotatable bonds is 5. The highest BCUT2D eigenvalue weighted by Crippen LogP contribution is 2.37. The maximum atomic E-state index is 10.2. The van der Waals surface area contributed by atoms with Gasteiger partial charge in [-0.25, -0.2) is 0 Å². The molecular formula is C19H18N2O2. The predicted molar refractivity (Wildman–Crippen MR) is 91.2 cm³/mol. The minimum absolute atomic E-state index is 0.178. The van der Waals surface area contributed by atoms with Gasteiger partial charge in [0.2, 0.25) is 0 Å². The lowest BCUT2D eigenvalue weighted by molar-refractivity contribution is 0.470. The van der Waals surface area contributed by atoms with E-state index in [2.05, 4.69) is 4.98 Å². The van der Waals surface area contributed by atoms with Gasteiger partial charge in [-0.3, -0.25) is 4.98 Å². The summed E-state index contributed by atoms with van der Waals surface area (Å²) >= 11 is 0. The molecule has 23 heavy (non-hydrogen) atoms. The van der Waals surface area contributed by atoms with Gasteiger partial charge in [0, 0.05) is 24.9 Å². The summed E-state index contributed by atoms with van der Waals surface area (Å²) in [6.45, 7) is 0.589. The second-order valence-corrected chi connectivity index (χ2v) is 5.20. The third-order valence-corrected chi connectivity index (χ3v) is 3.66. The van der Waals surface area contributed by atoms with E-state index < -0.39 is 0 Å². The molecule has 2 aromatic carbocycles. The smallest absolute Gasteiger partial charge is 0.139 e. The summed E-state index contributed by atoms with van der Waals surface area (Å²) in [5.74, 6) is 0.355. The number of hydrogen-bond acceptors (Lipinski definition) is 4. The zero-order valence-electron chi connectivity index (χ0n) is 12.6. The van der Waals surface area contributed by atoms with Crippen molar-refractivity contribution >= 4 is 11.4 Å². The second-order valence-electron chi connectivity index (χ2n) is 5.20.